The predicted octanol–water partition coefficient (Wildman–Crippen LogP) is 1.63. The molecule has 5 aromatic rings. The van der Waals surface area contributed by atoms with Gasteiger partial charge >= 0.3 is 5.91 Å². The number of hydrogen-bond donors (Lipinski definition) is 2. The van der Waals surface area contributed by atoms with E-state index < -0.39 is 24.3 Å². The molecule has 5 rings (SSSR count). The number of hydrogen-bond acceptors (Lipinski definition) is 12. The Balaban J connectivity index is 1.58. The number of fused-ring (bicyclic) bond motifs is 1. The summed E-state index contributed by atoms with van der Waals surface area (Å²) >= 11 is 0. The minimum atomic E-state index is -1.42. The van der Waals surface area contributed by atoms with Gasteiger partial charge in [-0.15, -0.1) is 15.3 Å². The summed E-state index contributed by atoms with van der Waals surface area (Å²) in [5.74, 6) is -2.31. The van der Waals surface area contributed by atoms with Crippen LogP contribution >= 0.6 is 0 Å². The number of ether oxygens (including phenoxy) is 1. The van der Waals surface area contributed by atoms with Crippen molar-refractivity contribution in [3.05, 3.63) is 54.2 Å². The quantitative estimate of drug-likeness (QED) is 0.283. The van der Waals surface area contributed by atoms with E-state index in [0.29, 0.717) is 28.8 Å². The Morgan fingerprint density at radius 2 is 1.92 bits per heavy atom. The molecule has 0 radical (unpaired) electrons. The molecule has 0 aliphatic heterocycles. The molecule has 0 unspecified atom stereocenters. The molecule has 0 saturated carbocycles. The summed E-state index contributed by atoms with van der Waals surface area (Å²) in [6, 6.07) is 13.3. The van der Waals surface area contributed by atoms with Gasteiger partial charge in [0.25, 0.3) is 0 Å². The number of nitrogen functional groups attached to an aromatic ring is 1. The van der Waals surface area contributed by atoms with Gasteiger partial charge in [-0.05, 0) is 47.6 Å². The van der Waals surface area contributed by atoms with Crippen LogP contribution in [0.4, 0.5) is 11.5 Å². The van der Waals surface area contributed by atoms with Crippen molar-refractivity contribution in [3.8, 4) is 28.7 Å². The van der Waals surface area contributed by atoms with Gasteiger partial charge in [-0.2, -0.15) is 4.68 Å². The Bertz CT molecular complexity index is 1680. The number of aromatic hydroxyl groups is 1. The SMILES string of the molecule is CCOc1ccc(-c2c(C(=O)N=Nc3c(O)n(CC(=O)[O-])c4ccccc34)nnn2-c2nonc2N)cc1. The molecule has 0 aliphatic rings. The van der Waals surface area contributed by atoms with Gasteiger partial charge < -0.3 is 30.0 Å². The molecule has 3 heterocycles. The van der Waals surface area contributed by atoms with Gasteiger partial charge in [0.1, 0.15) is 11.4 Å². The smallest absolute Gasteiger partial charge is 0.318 e. The summed E-state index contributed by atoms with van der Waals surface area (Å²) in [5, 5.41) is 45.0. The van der Waals surface area contributed by atoms with Crippen LogP contribution in [0.1, 0.15) is 17.4 Å². The van der Waals surface area contributed by atoms with Gasteiger partial charge in [-0.3, -0.25) is 4.79 Å². The van der Waals surface area contributed by atoms with E-state index in [2.05, 4.69) is 35.5 Å². The van der Waals surface area contributed by atoms with Crippen molar-refractivity contribution in [2.75, 3.05) is 12.3 Å². The zero-order chi connectivity index (χ0) is 26.8. The van der Waals surface area contributed by atoms with E-state index in [0.717, 1.165) is 4.57 Å². The number of anilines is 1. The van der Waals surface area contributed by atoms with Crippen LogP contribution in [-0.2, 0) is 11.3 Å². The van der Waals surface area contributed by atoms with Gasteiger partial charge in [0.15, 0.2) is 11.4 Å². The number of carbonyl (C=O) groups is 2. The second kappa shape index (κ2) is 9.81. The van der Waals surface area contributed by atoms with Crippen LogP contribution in [0.5, 0.6) is 11.6 Å². The van der Waals surface area contributed by atoms with Crippen LogP contribution < -0.4 is 15.6 Å². The number of aliphatic carboxylic acids is 1. The molecule has 2 aromatic carbocycles. The predicted molar refractivity (Wildman–Crippen MR) is 128 cm³/mol. The van der Waals surface area contributed by atoms with E-state index in [9.17, 15) is 19.8 Å². The minimum absolute atomic E-state index is 0.000341. The van der Waals surface area contributed by atoms with Crippen molar-refractivity contribution in [2.24, 2.45) is 10.2 Å². The van der Waals surface area contributed by atoms with Gasteiger partial charge in [0, 0.05) is 10.9 Å². The zero-order valence-corrected chi connectivity index (χ0v) is 19.7. The molecule has 0 atom stereocenters. The Morgan fingerprint density at radius 3 is 2.61 bits per heavy atom. The highest BCUT2D eigenvalue weighted by Crippen LogP contribution is 2.39. The number of aromatic nitrogens is 6. The summed E-state index contributed by atoms with van der Waals surface area (Å²) < 4.78 is 12.4. The van der Waals surface area contributed by atoms with E-state index >= 15 is 0 Å². The number of rotatable bonds is 8. The van der Waals surface area contributed by atoms with E-state index in [1.807, 2.05) is 6.92 Å². The number of nitrogens with zero attached hydrogens (tertiary/aromatic N) is 8. The second-order valence-corrected chi connectivity index (χ2v) is 7.78. The van der Waals surface area contributed by atoms with Crippen molar-refractivity contribution < 1.29 is 29.2 Å². The molecule has 0 saturated heterocycles. The Kier molecular flexibility index (Phi) is 6.22. The molecule has 38 heavy (non-hydrogen) atoms. The fourth-order valence-corrected chi connectivity index (χ4v) is 3.85. The molecule has 3 aromatic heterocycles. The van der Waals surface area contributed by atoms with Crippen LogP contribution in [0, 0.1) is 0 Å². The third-order valence-corrected chi connectivity index (χ3v) is 5.45. The summed E-state index contributed by atoms with van der Waals surface area (Å²) in [5.41, 5.74) is 6.55. The molecular formula is C23H18N9O6-. The third kappa shape index (κ3) is 4.27. The summed E-state index contributed by atoms with van der Waals surface area (Å²) in [6.07, 6.45) is 0. The zero-order valence-electron chi connectivity index (χ0n) is 19.7. The standard InChI is InChI=1S/C23H19N9O6/c1-2-37-13-9-7-12(8-10-13)19-18(26-30-32(19)21-20(24)28-38-29-21)22(35)27-25-17-14-5-3-4-6-15(14)31(23(17)36)11-16(33)34/h3-10,36H,2,11H2,1H3,(H2,24,28)(H,33,34)/p-1. The maximum Gasteiger partial charge on any atom is 0.318 e. The molecule has 0 bridgehead atoms. The Labute approximate surface area is 212 Å². The molecular weight excluding hydrogens is 498 g/mol. The lowest BCUT2D eigenvalue weighted by Gasteiger charge is -2.07. The molecule has 0 aliphatic carbocycles. The maximum absolute atomic E-state index is 13.2. The maximum atomic E-state index is 13.2. The first-order valence-corrected chi connectivity index (χ1v) is 11.1. The average Bonchev–Trinajstić information content (AvgIpc) is 3.60. The molecule has 3 N–H and O–H groups in total. The van der Waals surface area contributed by atoms with Crippen molar-refractivity contribution in [1.82, 2.24) is 29.9 Å². The number of amides is 1. The van der Waals surface area contributed by atoms with Crippen molar-refractivity contribution in [3.63, 3.8) is 0 Å². The van der Waals surface area contributed by atoms with E-state index in [1.165, 1.54) is 4.68 Å². The second-order valence-electron chi connectivity index (χ2n) is 7.78. The molecule has 0 fully saturated rings. The Morgan fingerprint density at radius 1 is 1.16 bits per heavy atom. The summed E-state index contributed by atoms with van der Waals surface area (Å²) in [4.78, 5) is 24.4. The van der Waals surface area contributed by atoms with Crippen LogP contribution in [0.2, 0.25) is 0 Å². The van der Waals surface area contributed by atoms with Gasteiger partial charge in [-0.25, -0.2) is 4.63 Å². The minimum Gasteiger partial charge on any atom is -0.548 e. The van der Waals surface area contributed by atoms with Crippen molar-refractivity contribution >= 4 is 34.3 Å². The number of carboxylic acid groups (broad SMARTS) is 1. The number of para-hydroxylation sites is 1. The first-order chi connectivity index (χ1) is 18.4. The fourth-order valence-electron chi connectivity index (χ4n) is 3.85. The lowest BCUT2D eigenvalue weighted by Crippen LogP contribution is -2.27. The molecule has 15 heteroatoms. The molecule has 1 amide bonds. The summed E-state index contributed by atoms with van der Waals surface area (Å²) in [7, 11) is 0. The van der Waals surface area contributed by atoms with Gasteiger partial charge in [-0.1, -0.05) is 23.4 Å². The van der Waals surface area contributed by atoms with Gasteiger partial charge in [0.05, 0.1) is 24.6 Å². The van der Waals surface area contributed by atoms with Crippen LogP contribution in [-0.4, -0.2) is 53.5 Å². The van der Waals surface area contributed by atoms with Crippen molar-refractivity contribution in [1.29, 1.82) is 0 Å². The number of azo groups is 1. The molecule has 192 valence electrons. The number of benzene rings is 2. The van der Waals surface area contributed by atoms with E-state index in [-0.39, 0.29) is 28.7 Å². The van der Waals surface area contributed by atoms with E-state index in [1.54, 1.807) is 48.5 Å². The largest absolute Gasteiger partial charge is 0.548 e. The van der Waals surface area contributed by atoms with Crippen LogP contribution in [0.3, 0.4) is 0 Å². The number of nitrogens with two attached hydrogens (primary N) is 1. The Hall–Kier alpha value is -5.60. The van der Waals surface area contributed by atoms with Crippen LogP contribution in [0.25, 0.3) is 28.0 Å². The number of carbonyl (C=O) groups excluding carboxylic acids is 2. The van der Waals surface area contributed by atoms with Crippen LogP contribution in [0.15, 0.2) is 63.4 Å². The molecule has 0 spiro atoms. The first kappa shape index (κ1) is 24.1. The van der Waals surface area contributed by atoms with Gasteiger partial charge in [0.2, 0.25) is 17.5 Å². The highest BCUT2D eigenvalue weighted by molar-refractivity contribution is 6.00. The lowest BCUT2D eigenvalue weighted by atomic mass is 10.1. The van der Waals surface area contributed by atoms with E-state index in [4.69, 9.17) is 10.5 Å². The third-order valence-electron chi connectivity index (χ3n) is 5.45. The van der Waals surface area contributed by atoms with Crippen molar-refractivity contribution in [2.45, 2.75) is 13.5 Å². The highest BCUT2D eigenvalue weighted by atomic mass is 16.6. The topological polar surface area (TPSA) is 212 Å². The average molecular weight is 516 g/mol. The molecule has 15 nitrogen and oxygen atoms in total. The fraction of sp³-hybridized carbons (Fsp3) is 0.130. The first-order valence-electron chi connectivity index (χ1n) is 11.1. The number of carboxylic acids is 1. The highest BCUT2D eigenvalue weighted by Gasteiger charge is 2.26. The summed E-state index contributed by atoms with van der Waals surface area (Å²) in [6.45, 7) is 1.69. The normalized spacial score (nSPS) is 11.4. The monoisotopic (exact) mass is 516 g/mol. The lowest BCUT2D eigenvalue weighted by molar-refractivity contribution is -0.306.